The number of nitrogens with two attached hydrogens (primary N) is 1. The summed E-state index contributed by atoms with van der Waals surface area (Å²) in [7, 11) is 0. The van der Waals surface area contributed by atoms with E-state index >= 15 is 0 Å². The number of primary amides is 1. The number of ether oxygens (including phenoxy) is 1. The topological polar surface area (TPSA) is 90.4 Å². The van der Waals surface area contributed by atoms with Crippen LogP contribution in [0.2, 0.25) is 0 Å². The van der Waals surface area contributed by atoms with E-state index in [9.17, 15) is 14.0 Å². The molecule has 170 valence electrons. The van der Waals surface area contributed by atoms with Gasteiger partial charge in [-0.25, -0.2) is 14.2 Å². The van der Waals surface area contributed by atoms with Crippen LogP contribution in [0.4, 0.5) is 9.18 Å². The fourth-order valence-electron chi connectivity index (χ4n) is 5.93. The second-order valence-corrected chi connectivity index (χ2v) is 9.59. The van der Waals surface area contributed by atoms with E-state index in [0.717, 1.165) is 30.6 Å². The van der Waals surface area contributed by atoms with E-state index in [2.05, 4.69) is 22.6 Å². The Morgan fingerprint density at radius 3 is 2.88 bits per heavy atom. The SMILES string of the molecule is Cc1nc2cc(F)ccc2n1[C@H]1CCN(C(=O)O[C@H]2C(C)C=C3CC2C[C@H](C(N)=O)C3)C1. The predicted molar refractivity (Wildman–Crippen MR) is 117 cm³/mol. The Morgan fingerprint density at radius 1 is 1.28 bits per heavy atom. The number of amides is 2. The minimum atomic E-state index is -0.310. The molecule has 1 saturated heterocycles. The lowest BCUT2D eigenvalue weighted by Gasteiger charge is -2.41. The maximum Gasteiger partial charge on any atom is 0.410 e. The molecule has 1 aromatic heterocycles. The third kappa shape index (κ3) is 3.65. The number of hydrogen-bond acceptors (Lipinski definition) is 4. The molecule has 1 saturated carbocycles. The van der Waals surface area contributed by atoms with Crippen molar-refractivity contribution < 1.29 is 18.7 Å². The molecule has 2 fully saturated rings. The van der Waals surface area contributed by atoms with Crippen molar-refractivity contribution in [2.45, 2.75) is 51.7 Å². The molecule has 0 spiro atoms. The van der Waals surface area contributed by atoms with Crippen LogP contribution in [-0.4, -0.2) is 45.6 Å². The van der Waals surface area contributed by atoms with Crippen molar-refractivity contribution in [1.82, 2.24) is 14.5 Å². The van der Waals surface area contributed by atoms with E-state index in [1.807, 2.05) is 6.92 Å². The van der Waals surface area contributed by atoms with Gasteiger partial charge in [0.15, 0.2) is 0 Å². The largest absolute Gasteiger partial charge is 0.445 e. The second-order valence-electron chi connectivity index (χ2n) is 9.59. The average molecular weight is 441 g/mol. The van der Waals surface area contributed by atoms with Gasteiger partial charge in [-0.2, -0.15) is 0 Å². The summed E-state index contributed by atoms with van der Waals surface area (Å²) in [6.07, 6.45) is 4.65. The number of nitrogens with zero attached hydrogens (tertiary/aromatic N) is 3. The van der Waals surface area contributed by atoms with E-state index in [0.29, 0.717) is 25.0 Å². The predicted octanol–water partition coefficient (Wildman–Crippen LogP) is 3.71. The van der Waals surface area contributed by atoms with Gasteiger partial charge in [-0.1, -0.05) is 18.6 Å². The molecule has 3 aliphatic rings. The molecular weight excluding hydrogens is 411 g/mol. The summed E-state index contributed by atoms with van der Waals surface area (Å²) in [6, 6.07) is 4.70. The number of halogens is 1. The van der Waals surface area contributed by atoms with Gasteiger partial charge in [0, 0.05) is 36.9 Å². The number of carbonyl (C=O) groups is 2. The van der Waals surface area contributed by atoms with Crippen LogP contribution < -0.4 is 5.73 Å². The van der Waals surface area contributed by atoms with E-state index < -0.39 is 0 Å². The Bertz CT molecular complexity index is 1110. The Hall–Kier alpha value is -2.90. The highest BCUT2D eigenvalue weighted by atomic mass is 19.1. The Labute approximate surface area is 186 Å². The second kappa shape index (κ2) is 7.90. The molecule has 32 heavy (non-hydrogen) atoms. The third-order valence-electron chi connectivity index (χ3n) is 7.36. The first-order chi connectivity index (χ1) is 15.3. The van der Waals surface area contributed by atoms with Crippen molar-refractivity contribution in [3.05, 3.63) is 41.5 Å². The lowest BCUT2D eigenvalue weighted by Crippen LogP contribution is -2.43. The number of hydrogen-bond donors (Lipinski definition) is 1. The lowest BCUT2D eigenvalue weighted by atomic mass is 9.69. The third-order valence-corrected chi connectivity index (χ3v) is 7.36. The number of benzene rings is 1. The smallest absolute Gasteiger partial charge is 0.410 e. The molecule has 1 aromatic carbocycles. The highest BCUT2D eigenvalue weighted by Crippen LogP contribution is 2.43. The molecule has 2 amide bonds. The molecule has 1 aliphatic heterocycles. The quantitative estimate of drug-likeness (QED) is 0.737. The number of rotatable bonds is 3. The minimum Gasteiger partial charge on any atom is -0.445 e. The van der Waals surface area contributed by atoms with Gasteiger partial charge in [0.2, 0.25) is 5.91 Å². The maximum absolute atomic E-state index is 13.6. The van der Waals surface area contributed by atoms with Crippen LogP contribution in [0.3, 0.4) is 0 Å². The number of fused-ring (bicyclic) bond motifs is 3. The number of imidazole rings is 1. The number of likely N-dealkylation sites (tertiary alicyclic amines) is 1. The van der Waals surface area contributed by atoms with Gasteiger partial charge in [0.05, 0.1) is 17.1 Å². The van der Waals surface area contributed by atoms with Crippen molar-refractivity contribution in [1.29, 1.82) is 0 Å². The summed E-state index contributed by atoms with van der Waals surface area (Å²) in [5.41, 5.74) is 8.32. The van der Waals surface area contributed by atoms with Gasteiger partial charge < -0.3 is 19.9 Å². The zero-order chi connectivity index (χ0) is 22.6. The highest BCUT2D eigenvalue weighted by molar-refractivity contribution is 5.77. The van der Waals surface area contributed by atoms with Gasteiger partial charge in [-0.15, -0.1) is 0 Å². The fourth-order valence-corrected chi connectivity index (χ4v) is 5.93. The Kier molecular flexibility index (Phi) is 5.18. The van der Waals surface area contributed by atoms with Crippen LogP contribution in [0.25, 0.3) is 11.0 Å². The normalized spacial score (nSPS) is 29.8. The van der Waals surface area contributed by atoms with Crippen molar-refractivity contribution >= 4 is 23.0 Å². The first-order valence-corrected chi connectivity index (χ1v) is 11.4. The number of allylic oxidation sites excluding steroid dienone is 1. The van der Waals surface area contributed by atoms with Crippen LogP contribution in [-0.2, 0) is 9.53 Å². The van der Waals surface area contributed by atoms with E-state index in [1.165, 1.54) is 17.7 Å². The number of aromatic nitrogens is 2. The molecule has 2 unspecified atom stereocenters. The average Bonchev–Trinajstić information content (AvgIpc) is 3.33. The highest BCUT2D eigenvalue weighted by Gasteiger charge is 2.41. The lowest BCUT2D eigenvalue weighted by molar-refractivity contribution is -0.123. The molecule has 0 radical (unpaired) electrons. The summed E-state index contributed by atoms with van der Waals surface area (Å²) in [5.74, 6) is 0.309. The van der Waals surface area contributed by atoms with Crippen LogP contribution in [0.1, 0.15) is 44.5 Å². The molecular formula is C24H29FN4O3. The molecule has 5 rings (SSSR count). The van der Waals surface area contributed by atoms with Crippen molar-refractivity contribution in [3.63, 3.8) is 0 Å². The molecule has 2 heterocycles. The Balaban J connectivity index is 1.29. The monoisotopic (exact) mass is 440 g/mol. The van der Waals surface area contributed by atoms with Gasteiger partial charge in [-0.05, 0) is 44.7 Å². The zero-order valence-electron chi connectivity index (χ0n) is 18.5. The minimum absolute atomic E-state index is 0.0715. The van der Waals surface area contributed by atoms with Crippen molar-refractivity contribution in [2.24, 2.45) is 23.5 Å². The first-order valence-electron chi connectivity index (χ1n) is 11.4. The number of aryl methyl sites for hydroxylation is 1. The van der Waals surface area contributed by atoms with Crippen LogP contribution in [0, 0.1) is 30.5 Å². The molecule has 8 heteroatoms. The zero-order valence-corrected chi connectivity index (χ0v) is 18.5. The molecule has 2 bridgehead atoms. The summed E-state index contributed by atoms with van der Waals surface area (Å²) in [6.45, 7) is 5.10. The van der Waals surface area contributed by atoms with Crippen molar-refractivity contribution in [2.75, 3.05) is 13.1 Å². The van der Waals surface area contributed by atoms with Gasteiger partial charge in [-0.3, -0.25) is 4.79 Å². The summed E-state index contributed by atoms with van der Waals surface area (Å²) in [5, 5.41) is 0. The summed E-state index contributed by atoms with van der Waals surface area (Å²) in [4.78, 5) is 31.0. The molecule has 2 N–H and O–H groups in total. The summed E-state index contributed by atoms with van der Waals surface area (Å²) >= 11 is 0. The van der Waals surface area contributed by atoms with Gasteiger partial charge in [0.1, 0.15) is 17.7 Å². The van der Waals surface area contributed by atoms with Gasteiger partial charge in [0.25, 0.3) is 0 Å². The molecule has 5 atom stereocenters. The standard InChI is InChI=1S/C24H29FN4O3/c1-13-7-15-8-16(10-17(9-15)23(26)30)22(13)32-24(31)28-6-5-19(12-28)29-14(2)27-20-11-18(25)3-4-21(20)29/h3-4,7,11,13,16-17,19,22H,5-6,8-10,12H2,1-2H3,(H2,26,30)/t13?,16?,17-,19+,22+/m1/s1. The maximum atomic E-state index is 13.6. The van der Waals surface area contributed by atoms with Crippen LogP contribution in [0.5, 0.6) is 0 Å². The summed E-state index contributed by atoms with van der Waals surface area (Å²) < 4.78 is 21.7. The van der Waals surface area contributed by atoms with Crippen LogP contribution in [0.15, 0.2) is 29.8 Å². The molecule has 7 nitrogen and oxygen atoms in total. The Morgan fingerprint density at radius 2 is 2.09 bits per heavy atom. The van der Waals surface area contributed by atoms with Crippen molar-refractivity contribution in [3.8, 4) is 0 Å². The first kappa shape index (κ1) is 21.0. The van der Waals surface area contributed by atoms with E-state index in [-0.39, 0.29) is 47.7 Å². The van der Waals surface area contributed by atoms with E-state index in [1.54, 1.807) is 11.0 Å². The molecule has 2 aromatic rings. The fraction of sp³-hybridized carbons (Fsp3) is 0.542. The van der Waals surface area contributed by atoms with Crippen LogP contribution >= 0.6 is 0 Å². The van der Waals surface area contributed by atoms with Gasteiger partial charge >= 0.3 is 6.09 Å². The molecule has 2 aliphatic carbocycles. The van der Waals surface area contributed by atoms with E-state index in [4.69, 9.17) is 10.5 Å². The number of carbonyl (C=O) groups excluding carboxylic acids is 2.